The summed E-state index contributed by atoms with van der Waals surface area (Å²) in [6.45, 7) is 13.3. The molecular weight excluding hydrogens is 1010 g/mol. The van der Waals surface area contributed by atoms with Gasteiger partial charge in [0.15, 0.2) is 0 Å². The molecule has 2 aliphatic rings. The molecule has 14 nitrogen and oxygen atoms in total. The second-order valence-electron chi connectivity index (χ2n) is 21.5. The van der Waals surface area contributed by atoms with Crippen molar-refractivity contribution >= 4 is 59.0 Å². The number of methoxy groups -OCH3 is 1. The van der Waals surface area contributed by atoms with Crippen LogP contribution in [0.1, 0.15) is 258 Å². The average Bonchev–Trinajstić information content (AvgIpc) is 3.44. The molecule has 2 fully saturated rings. The normalized spacial score (nSPS) is 14.6. The summed E-state index contributed by atoms with van der Waals surface area (Å²) in [6, 6.07) is 0. The predicted molar refractivity (Wildman–Crippen MR) is 321 cm³/mol. The molecule has 2 atom stereocenters. The Hall–Kier alpha value is -2.66. The highest BCUT2D eigenvalue weighted by Crippen LogP contribution is 2.16. The lowest BCUT2D eigenvalue weighted by Crippen LogP contribution is -2.50. The van der Waals surface area contributed by atoms with Gasteiger partial charge in [0.1, 0.15) is 6.29 Å². The highest BCUT2D eigenvalue weighted by Gasteiger charge is 2.42. The van der Waals surface area contributed by atoms with E-state index in [0.717, 1.165) is 142 Å². The molecule has 2 heterocycles. The van der Waals surface area contributed by atoms with Gasteiger partial charge in [-0.3, -0.25) is 4.79 Å². The summed E-state index contributed by atoms with van der Waals surface area (Å²) in [7, 11) is 1.70. The second kappa shape index (κ2) is 55.3. The van der Waals surface area contributed by atoms with Crippen LogP contribution >= 0.6 is 24.4 Å². The largest absolute Gasteiger partial charge is 0.466 e. The third-order valence-electron chi connectivity index (χ3n) is 14.4. The maximum atomic E-state index is 13.8. The van der Waals surface area contributed by atoms with Crippen LogP contribution in [0, 0.1) is 0 Å². The summed E-state index contributed by atoms with van der Waals surface area (Å²) < 4.78 is 34.1. The van der Waals surface area contributed by atoms with Crippen LogP contribution in [0.4, 0.5) is 0 Å². The van der Waals surface area contributed by atoms with E-state index in [1.165, 1.54) is 135 Å². The molecule has 0 aromatic rings. The first-order chi connectivity index (χ1) is 37.7. The maximum absolute atomic E-state index is 13.8. The van der Waals surface area contributed by atoms with Crippen molar-refractivity contribution in [3.8, 4) is 0 Å². The van der Waals surface area contributed by atoms with Gasteiger partial charge in [-0.15, -0.1) is 0 Å². The van der Waals surface area contributed by atoms with Crippen LogP contribution in [0.15, 0.2) is 0 Å². The van der Waals surface area contributed by atoms with Crippen LogP contribution in [-0.4, -0.2) is 142 Å². The van der Waals surface area contributed by atoms with Gasteiger partial charge in [0.05, 0.1) is 19.8 Å². The Morgan fingerprint density at radius 1 is 0.455 bits per heavy atom. The number of unbranched alkanes of at least 4 members (excludes halogenated alkanes) is 25. The first-order valence-corrected chi connectivity index (χ1v) is 32.3. The molecule has 0 spiro atoms. The van der Waals surface area contributed by atoms with Crippen molar-refractivity contribution in [2.24, 2.45) is 0 Å². The molecule has 0 radical (unpaired) electrons. The van der Waals surface area contributed by atoms with Gasteiger partial charge in [-0.25, -0.2) is 9.59 Å². The van der Waals surface area contributed by atoms with E-state index >= 15 is 0 Å². The van der Waals surface area contributed by atoms with Crippen molar-refractivity contribution in [1.29, 1.82) is 0 Å². The Balaban J connectivity index is 0.00000200. The number of ether oxygens (including phenoxy) is 6. The van der Waals surface area contributed by atoms with E-state index in [-0.39, 0.29) is 29.5 Å². The number of rotatable bonds is 49. The van der Waals surface area contributed by atoms with E-state index in [0.29, 0.717) is 39.0 Å². The van der Waals surface area contributed by atoms with Gasteiger partial charge in [0.25, 0.3) is 10.3 Å². The smallest absolute Gasteiger partial charge is 0.352 e. The number of hydrogen-bond acceptors (Lipinski definition) is 14. The van der Waals surface area contributed by atoms with Crippen molar-refractivity contribution < 1.29 is 47.6 Å². The summed E-state index contributed by atoms with van der Waals surface area (Å²) in [6.07, 6.45) is 39.9. The van der Waals surface area contributed by atoms with Crippen LogP contribution in [0.3, 0.4) is 0 Å². The van der Waals surface area contributed by atoms with Gasteiger partial charge in [-0.05, 0) is 141 Å². The Kier molecular flexibility index (Phi) is 51.9. The van der Waals surface area contributed by atoms with Crippen LogP contribution in [0.25, 0.3) is 0 Å². The molecule has 2 saturated heterocycles. The summed E-state index contributed by atoms with van der Waals surface area (Å²) in [5.74, 6) is -1.65. The van der Waals surface area contributed by atoms with E-state index in [4.69, 9.17) is 52.9 Å². The van der Waals surface area contributed by atoms with Gasteiger partial charge >= 0.3 is 17.9 Å². The van der Waals surface area contributed by atoms with Gasteiger partial charge in [0, 0.05) is 39.6 Å². The monoisotopic (exact) mass is 1130 g/mol. The molecule has 0 aliphatic carbocycles. The van der Waals surface area contributed by atoms with Gasteiger partial charge in [-0.1, -0.05) is 168 Å². The Labute approximate surface area is 480 Å². The van der Waals surface area contributed by atoms with Crippen molar-refractivity contribution in [2.75, 3.05) is 85.9 Å². The van der Waals surface area contributed by atoms with Crippen molar-refractivity contribution in [2.45, 2.75) is 270 Å². The predicted octanol–water partition coefficient (Wildman–Crippen LogP) is 13.5. The number of likely N-dealkylation sites (tertiary alicyclic amines) is 2. The molecule has 0 amide bonds. The molecular formula is C61H114N4O10S2. The minimum atomic E-state index is -1.54. The average molecular weight is 1130 g/mol. The third kappa shape index (κ3) is 45.7. The Morgan fingerprint density at radius 2 is 0.805 bits per heavy atom. The summed E-state index contributed by atoms with van der Waals surface area (Å²) in [4.78, 5) is 54.7. The first-order valence-electron chi connectivity index (χ1n) is 31.5. The number of aldehydes is 1. The van der Waals surface area contributed by atoms with Crippen LogP contribution < -0.4 is 10.6 Å². The molecule has 2 aliphatic heterocycles. The van der Waals surface area contributed by atoms with Crippen molar-refractivity contribution in [1.82, 2.24) is 20.4 Å². The van der Waals surface area contributed by atoms with Crippen molar-refractivity contribution in [3.05, 3.63) is 0 Å². The number of hydrogen-bond donors (Lipinski definition) is 2. The SMILES string of the molecule is CCCCCCCCCCCC(=O)OCCCCCCCOC(=O)C(OC(=S)NCCCN1CCCCC1)C(OC(=S)NCCCN1CCCCC1)C(=O)OCCCCCCCOC.CCCCCCCCCCCC=O. The molecule has 2 rings (SSSR count). The second-order valence-corrected chi connectivity index (χ2v) is 22.2. The van der Waals surface area contributed by atoms with Gasteiger partial charge in [0.2, 0.25) is 12.2 Å². The number of thiocarbonyl (C=S) groups is 2. The number of esters is 3. The Bertz CT molecular complexity index is 1420. The fraction of sp³-hybridized carbons (Fsp3) is 0.902. The number of nitrogens with one attached hydrogen (secondary N) is 2. The number of carbonyl (C=O) groups excluding carboxylic acids is 4. The fourth-order valence-corrected chi connectivity index (χ4v) is 10.0. The van der Waals surface area contributed by atoms with Crippen LogP contribution in [0.2, 0.25) is 0 Å². The van der Waals surface area contributed by atoms with E-state index in [9.17, 15) is 19.2 Å². The van der Waals surface area contributed by atoms with Crippen LogP contribution in [0.5, 0.6) is 0 Å². The standard InChI is InChI=1S/C49H90N4O9S2.C12H24O/c1-3-4-5-6-7-8-9-12-19-30-43(54)58-40-25-14-11-16-27-42-60-47(56)45(62-49(64)51-32-29-38-53-35-22-18-23-36-53)44(46(55)59-41-26-15-10-13-24-39-57-2)61-48(63)50-31-28-37-52-33-20-17-21-34-52;1-2-3-4-5-6-7-8-9-10-11-12-13/h44-45H,3-42H2,1-2H3,(H,50,63)(H,51,64);12H,2-11H2,1H3. The highest BCUT2D eigenvalue weighted by atomic mass is 32.1. The topological polar surface area (TPSA) is 154 Å². The van der Waals surface area contributed by atoms with Crippen LogP contribution in [-0.2, 0) is 47.6 Å². The molecule has 2 N–H and O–H groups in total. The zero-order valence-electron chi connectivity index (χ0n) is 49.4. The van der Waals surface area contributed by atoms with E-state index < -0.39 is 24.1 Å². The van der Waals surface area contributed by atoms with E-state index in [2.05, 4.69) is 34.3 Å². The minimum absolute atomic E-state index is 0.0188. The lowest BCUT2D eigenvalue weighted by molar-refractivity contribution is -0.170. The minimum Gasteiger partial charge on any atom is -0.466 e. The van der Waals surface area contributed by atoms with E-state index in [1.807, 2.05) is 0 Å². The number of carbonyl (C=O) groups is 4. The van der Waals surface area contributed by atoms with Gasteiger partial charge < -0.3 is 53.6 Å². The third-order valence-corrected chi connectivity index (χ3v) is 14.9. The fourth-order valence-electron chi connectivity index (χ4n) is 9.63. The molecule has 0 bridgehead atoms. The Morgan fingerprint density at radius 3 is 1.19 bits per heavy atom. The number of piperidine rings is 2. The number of nitrogens with zero attached hydrogens (tertiary/aromatic N) is 2. The van der Waals surface area contributed by atoms with E-state index in [1.54, 1.807) is 7.11 Å². The lowest BCUT2D eigenvalue weighted by atomic mass is 10.1. The quantitative estimate of drug-likeness (QED) is 0.0195. The summed E-state index contributed by atoms with van der Waals surface area (Å²) in [5.41, 5.74) is 0. The molecule has 0 aromatic heterocycles. The van der Waals surface area contributed by atoms with Crippen molar-refractivity contribution in [3.63, 3.8) is 0 Å². The summed E-state index contributed by atoms with van der Waals surface area (Å²) in [5, 5.41) is 6.19. The maximum Gasteiger partial charge on any atom is 0.352 e. The first kappa shape index (κ1) is 72.4. The zero-order chi connectivity index (χ0) is 55.9. The summed E-state index contributed by atoms with van der Waals surface area (Å²) >= 11 is 11.1. The van der Waals surface area contributed by atoms with Gasteiger partial charge in [-0.2, -0.15) is 0 Å². The molecule has 450 valence electrons. The molecule has 0 saturated carbocycles. The molecule has 2 unspecified atom stereocenters. The highest BCUT2D eigenvalue weighted by molar-refractivity contribution is 7.80. The molecule has 0 aromatic carbocycles. The molecule has 16 heteroatoms. The molecule has 77 heavy (non-hydrogen) atoms. The zero-order valence-corrected chi connectivity index (χ0v) is 51.0. The lowest BCUT2D eigenvalue weighted by Gasteiger charge is -2.28.